The van der Waals surface area contributed by atoms with Gasteiger partial charge in [0.15, 0.2) is 0 Å². The fourth-order valence-corrected chi connectivity index (χ4v) is 5.99. The van der Waals surface area contributed by atoms with Gasteiger partial charge in [-0.25, -0.2) is 0 Å². The van der Waals surface area contributed by atoms with Crippen molar-refractivity contribution < 1.29 is 14.4 Å². The van der Waals surface area contributed by atoms with E-state index >= 15 is 0 Å². The maximum Gasteiger partial charge on any atom is 0.255 e. The average Bonchev–Trinajstić information content (AvgIpc) is 3.33. The topological polar surface area (TPSA) is 105 Å². The van der Waals surface area contributed by atoms with Crippen LogP contribution in [0.25, 0.3) is 0 Å². The lowest BCUT2D eigenvalue weighted by molar-refractivity contribution is -0.136. The van der Waals surface area contributed by atoms with E-state index in [1.807, 2.05) is 18.2 Å². The summed E-state index contributed by atoms with van der Waals surface area (Å²) >= 11 is 0. The van der Waals surface area contributed by atoms with Gasteiger partial charge in [0.25, 0.3) is 5.91 Å². The number of carbonyl (C=O) groups is 3. The highest BCUT2D eigenvalue weighted by Gasteiger charge is 2.50. The first-order valence-corrected chi connectivity index (χ1v) is 10.7. The minimum absolute atomic E-state index is 0.108. The van der Waals surface area contributed by atoms with Crippen LogP contribution < -0.4 is 16.4 Å². The Hall–Kier alpha value is -2.25. The quantitative estimate of drug-likeness (QED) is 0.646. The molecule has 7 nitrogen and oxygen atoms in total. The lowest BCUT2D eigenvalue weighted by Crippen LogP contribution is -2.52. The van der Waals surface area contributed by atoms with Gasteiger partial charge in [-0.15, -0.1) is 0 Å². The van der Waals surface area contributed by atoms with E-state index in [1.54, 1.807) is 4.90 Å². The molecule has 4 atom stereocenters. The molecule has 4 unspecified atom stereocenters. The van der Waals surface area contributed by atoms with E-state index in [4.69, 9.17) is 5.73 Å². The molecule has 154 valence electrons. The van der Waals surface area contributed by atoms with E-state index in [0.717, 1.165) is 30.0 Å². The molecule has 4 N–H and O–H groups in total. The smallest absolute Gasteiger partial charge is 0.255 e. The highest BCUT2D eigenvalue weighted by Crippen LogP contribution is 2.52. The SMILES string of the molecule is NC1CC2CCC1(CNCc1cccc3c1C(=O)N(C1CCC(=O)NC1=O)C3)C2. The van der Waals surface area contributed by atoms with Crippen LogP contribution in [0.5, 0.6) is 0 Å². The first-order chi connectivity index (χ1) is 14.0. The predicted molar refractivity (Wildman–Crippen MR) is 107 cm³/mol. The van der Waals surface area contributed by atoms with E-state index in [-0.39, 0.29) is 35.6 Å². The highest BCUT2D eigenvalue weighted by molar-refractivity contribution is 6.05. The second-order valence-electron chi connectivity index (χ2n) is 9.27. The third-order valence-electron chi connectivity index (χ3n) is 7.55. The Morgan fingerprint density at radius 1 is 1.24 bits per heavy atom. The number of carbonyl (C=O) groups excluding carboxylic acids is 3. The summed E-state index contributed by atoms with van der Waals surface area (Å²) in [6.45, 7) is 1.93. The number of rotatable bonds is 5. The summed E-state index contributed by atoms with van der Waals surface area (Å²) in [7, 11) is 0. The Kier molecular flexibility index (Phi) is 4.47. The zero-order valence-electron chi connectivity index (χ0n) is 16.6. The van der Waals surface area contributed by atoms with Crippen LogP contribution in [0.1, 0.15) is 60.0 Å². The van der Waals surface area contributed by atoms with Gasteiger partial charge in [0.2, 0.25) is 11.8 Å². The van der Waals surface area contributed by atoms with E-state index in [9.17, 15) is 14.4 Å². The molecule has 2 aliphatic heterocycles. The van der Waals surface area contributed by atoms with Crippen molar-refractivity contribution >= 4 is 17.7 Å². The summed E-state index contributed by atoms with van der Waals surface area (Å²) in [5.41, 5.74) is 9.26. The minimum atomic E-state index is -0.570. The summed E-state index contributed by atoms with van der Waals surface area (Å²) in [5, 5.41) is 5.93. The van der Waals surface area contributed by atoms with Crippen LogP contribution >= 0.6 is 0 Å². The molecule has 0 aromatic heterocycles. The number of benzene rings is 1. The first-order valence-electron chi connectivity index (χ1n) is 10.7. The third kappa shape index (κ3) is 3.07. The molecule has 3 amide bonds. The fraction of sp³-hybridized carbons (Fsp3) is 0.591. The second-order valence-corrected chi connectivity index (χ2v) is 9.27. The lowest BCUT2D eigenvalue weighted by atomic mass is 9.80. The van der Waals surface area contributed by atoms with Crippen molar-refractivity contribution in [2.75, 3.05) is 6.54 Å². The largest absolute Gasteiger partial charge is 0.327 e. The molecule has 4 aliphatic rings. The van der Waals surface area contributed by atoms with E-state index in [1.165, 1.54) is 19.3 Å². The minimum Gasteiger partial charge on any atom is -0.327 e. The van der Waals surface area contributed by atoms with E-state index in [0.29, 0.717) is 25.1 Å². The second kappa shape index (κ2) is 6.92. The Morgan fingerprint density at radius 3 is 2.83 bits per heavy atom. The van der Waals surface area contributed by atoms with Crippen LogP contribution in [0.2, 0.25) is 0 Å². The average molecular weight is 396 g/mol. The summed E-state index contributed by atoms with van der Waals surface area (Å²) < 4.78 is 0. The summed E-state index contributed by atoms with van der Waals surface area (Å²) in [6.07, 6.45) is 5.50. The van der Waals surface area contributed by atoms with Crippen LogP contribution in [-0.2, 0) is 22.7 Å². The molecule has 0 spiro atoms. The third-order valence-corrected chi connectivity index (χ3v) is 7.55. The van der Waals surface area contributed by atoms with Crippen LogP contribution in [0, 0.1) is 11.3 Å². The Morgan fingerprint density at radius 2 is 2.10 bits per heavy atom. The normalized spacial score (nSPS) is 33.3. The van der Waals surface area contributed by atoms with Crippen LogP contribution in [0.4, 0.5) is 0 Å². The first kappa shape index (κ1) is 18.8. The molecule has 1 aromatic carbocycles. The number of piperidine rings is 1. The number of nitrogens with one attached hydrogen (secondary N) is 2. The van der Waals surface area contributed by atoms with Crippen molar-refractivity contribution in [2.24, 2.45) is 17.1 Å². The van der Waals surface area contributed by atoms with Gasteiger partial charge in [-0.05, 0) is 54.6 Å². The number of nitrogens with two attached hydrogens (primary N) is 1. The number of nitrogens with zero attached hydrogens (tertiary/aromatic N) is 1. The lowest BCUT2D eigenvalue weighted by Gasteiger charge is -2.33. The molecule has 3 fully saturated rings. The molecule has 2 heterocycles. The van der Waals surface area contributed by atoms with Gasteiger partial charge in [0.1, 0.15) is 6.04 Å². The van der Waals surface area contributed by atoms with Crippen molar-refractivity contribution in [2.45, 2.75) is 63.7 Å². The van der Waals surface area contributed by atoms with E-state index < -0.39 is 6.04 Å². The molecular weight excluding hydrogens is 368 g/mol. The number of amides is 3. The van der Waals surface area contributed by atoms with Crippen LogP contribution in [0.15, 0.2) is 18.2 Å². The van der Waals surface area contributed by atoms with Crippen molar-refractivity contribution in [3.63, 3.8) is 0 Å². The molecule has 1 saturated heterocycles. The van der Waals surface area contributed by atoms with Crippen molar-refractivity contribution in [3.05, 3.63) is 34.9 Å². The van der Waals surface area contributed by atoms with Gasteiger partial charge < -0.3 is 16.0 Å². The van der Waals surface area contributed by atoms with Gasteiger partial charge >= 0.3 is 0 Å². The van der Waals surface area contributed by atoms with Gasteiger partial charge in [0, 0.05) is 37.7 Å². The zero-order chi connectivity index (χ0) is 20.2. The Balaban J connectivity index is 1.29. The molecule has 2 saturated carbocycles. The standard InChI is InChI=1S/C22H28N4O3/c23-17-8-13-6-7-22(17,9-13)12-24-10-14-2-1-3-15-11-26(21(29)19(14)15)16-4-5-18(27)25-20(16)28/h1-3,13,16-17,24H,4-12,23H2,(H,25,27,28). The summed E-state index contributed by atoms with van der Waals surface area (Å²) in [5.74, 6) is 0.0473. The number of imide groups is 1. The zero-order valence-corrected chi connectivity index (χ0v) is 16.6. The predicted octanol–water partition coefficient (Wildman–Crippen LogP) is 1.05. The molecule has 5 rings (SSSR count). The Bertz CT molecular complexity index is 885. The molecule has 2 bridgehead atoms. The Labute approximate surface area is 170 Å². The van der Waals surface area contributed by atoms with E-state index in [2.05, 4.69) is 10.6 Å². The molecule has 1 aromatic rings. The van der Waals surface area contributed by atoms with Crippen LogP contribution in [0.3, 0.4) is 0 Å². The van der Waals surface area contributed by atoms with Crippen molar-refractivity contribution in [1.82, 2.24) is 15.5 Å². The maximum absolute atomic E-state index is 13.2. The maximum atomic E-state index is 13.2. The summed E-state index contributed by atoms with van der Waals surface area (Å²) in [4.78, 5) is 38.5. The van der Waals surface area contributed by atoms with Crippen molar-refractivity contribution in [1.29, 1.82) is 0 Å². The molecule has 2 aliphatic carbocycles. The monoisotopic (exact) mass is 396 g/mol. The number of hydrogen-bond acceptors (Lipinski definition) is 5. The van der Waals surface area contributed by atoms with Gasteiger partial charge in [-0.2, -0.15) is 0 Å². The van der Waals surface area contributed by atoms with Gasteiger partial charge in [-0.3, -0.25) is 19.7 Å². The van der Waals surface area contributed by atoms with Crippen LogP contribution in [-0.4, -0.2) is 41.2 Å². The molecular formula is C22H28N4O3. The molecule has 29 heavy (non-hydrogen) atoms. The fourth-order valence-electron chi connectivity index (χ4n) is 5.99. The van der Waals surface area contributed by atoms with Gasteiger partial charge in [-0.1, -0.05) is 18.2 Å². The summed E-state index contributed by atoms with van der Waals surface area (Å²) in [6, 6.07) is 5.62. The van der Waals surface area contributed by atoms with Crippen molar-refractivity contribution in [3.8, 4) is 0 Å². The number of hydrogen-bond donors (Lipinski definition) is 3. The molecule has 0 radical (unpaired) electrons. The number of fused-ring (bicyclic) bond motifs is 3. The highest BCUT2D eigenvalue weighted by atomic mass is 16.2. The molecule has 7 heteroatoms. The van der Waals surface area contributed by atoms with Gasteiger partial charge in [0.05, 0.1) is 0 Å².